The van der Waals surface area contributed by atoms with Gasteiger partial charge in [-0.1, -0.05) is 42.5 Å². The van der Waals surface area contributed by atoms with Gasteiger partial charge in [0.25, 0.3) is 0 Å². The van der Waals surface area contributed by atoms with Gasteiger partial charge in [0, 0.05) is 31.7 Å². The smallest absolute Gasteiger partial charge is 0.407 e. The van der Waals surface area contributed by atoms with Gasteiger partial charge < -0.3 is 20.3 Å². The van der Waals surface area contributed by atoms with E-state index in [9.17, 15) is 14.4 Å². The standard InChI is InChI=1S/C24H29N3O4/c1-27(2)22(28)14-17-8-11-20(12-9-17)25-23(29)19-10-13-21(15-19)26-24(30)31-16-18-6-4-3-5-7-18/h3-9,11-12,19,21H,10,13-16H2,1-2H3,(H,25,29)(H,26,30)/t19-,21+/m0/s1. The third-order valence-corrected chi connectivity index (χ3v) is 5.41. The molecule has 0 bridgehead atoms. The van der Waals surface area contributed by atoms with Crippen molar-refractivity contribution in [3.63, 3.8) is 0 Å². The van der Waals surface area contributed by atoms with Crippen LogP contribution in [-0.2, 0) is 27.4 Å². The minimum absolute atomic E-state index is 0.0311. The molecule has 0 aliphatic heterocycles. The number of hydrogen-bond acceptors (Lipinski definition) is 4. The second kappa shape index (κ2) is 10.6. The number of ether oxygens (including phenoxy) is 1. The van der Waals surface area contributed by atoms with Crippen molar-refractivity contribution < 1.29 is 19.1 Å². The molecular formula is C24H29N3O4. The van der Waals surface area contributed by atoms with Crippen molar-refractivity contribution in [2.75, 3.05) is 19.4 Å². The number of amides is 3. The summed E-state index contributed by atoms with van der Waals surface area (Å²) >= 11 is 0. The van der Waals surface area contributed by atoms with Gasteiger partial charge in [0.2, 0.25) is 11.8 Å². The fourth-order valence-corrected chi connectivity index (χ4v) is 3.57. The van der Waals surface area contributed by atoms with Crippen LogP contribution in [0.15, 0.2) is 54.6 Å². The Kier molecular flexibility index (Phi) is 7.65. The van der Waals surface area contributed by atoms with Crippen LogP contribution >= 0.6 is 0 Å². The number of rotatable bonds is 7. The van der Waals surface area contributed by atoms with Gasteiger partial charge in [-0.05, 0) is 42.5 Å². The van der Waals surface area contributed by atoms with Crippen molar-refractivity contribution in [2.45, 2.75) is 38.3 Å². The van der Waals surface area contributed by atoms with Gasteiger partial charge >= 0.3 is 6.09 Å². The zero-order chi connectivity index (χ0) is 22.2. The molecule has 7 nitrogen and oxygen atoms in total. The Hall–Kier alpha value is -3.35. The van der Waals surface area contributed by atoms with Crippen molar-refractivity contribution >= 4 is 23.6 Å². The summed E-state index contributed by atoms with van der Waals surface area (Å²) in [7, 11) is 3.45. The minimum Gasteiger partial charge on any atom is -0.445 e. The zero-order valence-corrected chi connectivity index (χ0v) is 18.0. The minimum atomic E-state index is -0.460. The normalized spacial score (nSPS) is 17.6. The maximum absolute atomic E-state index is 12.6. The largest absolute Gasteiger partial charge is 0.445 e. The average Bonchev–Trinajstić information content (AvgIpc) is 3.23. The molecule has 7 heteroatoms. The van der Waals surface area contributed by atoms with Crippen LogP contribution in [0.4, 0.5) is 10.5 Å². The predicted octanol–water partition coefficient (Wildman–Crippen LogP) is 3.35. The summed E-state index contributed by atoms with van der Waals surface area (Å²) in [5.41, 5.74) is 2.53. The number of hydrogen-bond donors (Lipinski definition) is 2. The first kappa shape index (κ1) is 22.3. The zero-order valence-electron chi connectivity index (χ0n) is 18.0. The first-order valence-electron chi connectivity index (χ1n) is 10.5. The number of anilines is 1. The Balaban J connectivity index is 1.41. The number of benzene rings is 2. The second-order valence-corrected chi connectivity index (χ2v) is 8.06. The maximum atomic E-state index is 12.6. The molecule has 164 valence electrons. The first-order chi connectivity index (χ1) is 14.9. The van der Waals surface area contributed by atoms with E-state index in [0.29, 0.717) is 24.9 Å². The van der Waals surface area contributed by atoms with E-state index >= 15 is 0 Å². The SMILES string of the molecule is CN(C)C(=O)Cc1ccc(NC(=O)[C@H]2CC[C@@H](NC(=O)OCc3ccccc3)C2)cc1. The van der Waals surface area contributed by atoms with E-state index in [2.05, 4.69) is 10.6 Å². The fraction of sp³-hybridized carbons (Fsp3) is 0.375. The van der Waals surface area contributed by atoms with Crippen molar-refractivity contribution in [1.29, 1.82) is 0 Å². The lowest BCUT2D eigenvalue weighted by molar-refractivity contribution is -0.128. The summed E-state index contributed by atoms with van der Waals surface area (Å²) in [5.74, 6) is -0.183. The third kappa shape index (κ3) is 6.84. The first-order valence-corrected chi connectivity index (χ1v) is 10.5. The van der Waals surface area contributed by atoms with Gasteiger partial charge in [-0.2, -0.15) is 0 Å². The molecule has 2 aromatic rings. The highest BCUT2D eigenvalue weighted by Gasteiger charge is 2.31. The van der Waals surface area contributed by atoms with Crippen molar-refractivity contribution in [2.24, 2.45) is 5.92 Å². The average molecular weight is 424 g/mol. The van der Waals surface area contributed by atoms with Gasteiger partial charge in [-0.15, -0.1) is 0 Å². The van der Waals surface area contributed by atoms with Gasteiger partial charge in [0.15, 0.2) is 0 Å². The molecule has 3 rings (SSSR count). The molecule has 1 aliphatic rings. The van der Waals surface area contributed by atoms with Gasteiger partial charge in [0.05, 0.1) is 6.42 Å². The predicted molar refractivity (Wildman–Crippen MR) is 118 cm³/mol. The maximum Gasteiger partial charge on any atom is 0.407 e. The van der Waals surface area contributed by atoms with Crippen molar-refractivity contribution in [3.05, 3.63) is 65.7 Å². The van der Waals surface area contributed by atoms with E-state index in [0.717, 1.165) is 17.5 Å². The quantitative estimate of drug-likeness (QED) is 0.715. The number of alkyl carbamates (subject to hydrolysis) is 1. The summed E-state index contributed by atoms with van der Waals surface area (Å²) in [6.45, 7) is 0.222. The molecule has 0 unspecified atom stereocenters. The van der Waals surface area contributed by atoms with Crippen LogP contribution in [0.25, 0.3) is 0 Å². The lowest BCUT2D eigenvalue weighted by Gasteiger charge is -2.14. The molecule has 2 atom stereocenters. The van der Waals surface area contributed by atoms with E-state index in [1.54, 1.807) is 19.0 Å². The molecule has 0 saturated heterocycles. The van der Waals surface area contributed by atoms with Crippen LogP contribution in [0.1, 0.15) is 30.4 Å². The molecule has 3 amide bonds. The van der Waals surface area contributed by atoms with Crippen LogP contribution in [-0.4, -0.2) is 42.9 Å². The Morgan fingerprint density at radius 1 is 0.968 bits per heavy atom. The lowest BCUT2D eigenvalue weighted by Crippen LogP contribution is -2.34. The number of carbonyl (C=O) groups is 3. The molecule has 0 spiro atoms. The second-order valence-electron chi connectivity index (χ2n) is 8.06. The summed E-state index contributed by atoms with van der Waals surface area (Å²) in [5, 5.41) is 5.78. The molecule has 1 saturated carbocycles. The van der Waals surface area contributed by atoms with Gasteiger partial charge in [-0.25, -0.2) is 4.79 Å². The Morgan fingerprint density at radius 3 is 2.35 bits per heavy atom. The number of likely N-dealkylation sites (N-methyl/N-ethyl adjacent to an activating group) is 1. The summed E-state index contributed by atoms with van der Waals surface area (Å²) in [6.07, 6.45) is 1.91. The van der Waals surface area contributed by atoms with Crippen LogP contribution in [0.2, 0.25) is 0 Å². The summed E-state index contributed by atoms with van der Waals surface area (Å²) in [4.78, 5) is 38.0. The van der Waals surface area contributed by atoms with Crippen LogP contribution in [0.5, 0.6) is 0 Å². The monoisotopic (exact) mass is 423 g/mol. The molecule has 31 heavy (non-hydrogen) atoms. The molecule has 1 aliphatic carbocycles. The lowest BCUT2D eigenvalue weighted by atomic mass is 10.1. The van der Waals surface area contributed by atoms with E-state index in [1.807, 2.05) is 54.6 Å². The highest BCUT2D eigenvalue weighted by Crippen LogP contribution is 2.27. The molecule has 0 aromatic heterocycles. The molecule has 2 aromatic carbocycles. The van der Waals surface area contributed by atoms with E-state index in [1.165, 1.54) is 0 Å². The van der Waals surface area contributed by atoms with Crippen LogP contribution in [0.3, 0.4) is 0 Å². The highest BCUT2D eigenvalue weighted by atomic mass is 16.5. The topological polar surface area (TPSA) is 87.7 Å². The van der Waals surface area contributed by atoms with E-state index < -0.39 is 6.09 Å². The van der Waals surface area contributed by atoms with Crippen LogP contribution in [0, 0.1) is 5.92 Å². The molecule has 2 N–H and O–H groups in total. The van der Waals surface area contributed by atoms with E-state index in [-0.39, 0.29) is 30.4 Å². The molecule has 0 radical (unpaired) electrons. The van der Waals surface area contributed by atoms with E-state index in [4.69, 9.17) is 4.74 Å². The van der Waals surface area contributed by atoms with Gasteiger partial charge in [-0.3, -0.25) is 9.59 Å². The fourth-order valence-electron chi connectivity index (χ4n) is 3.57. The number of nitrogens with zero attached hydrogens (tertiary/aromatic N) is 1. The Morgan fingerprint density at radius 2 is 1.68 bits per heavy atom. The Bertz CT molecular complexity index is 897. The Labute approximate surface area is 182 Å². The highest BCUT2D eigenvalue weighted by molar-refractivity contribution is 5.93. The number of carbonyl (C=O) groups excluding carboxylic acids is 3. The van der Waals surface area contributed by atoms with Crippen LogP contribution < -0.4 is 10.6 Å². The molecule has 0 heterocycles. The third-order valence-electron chi connectivity index (χ3n) is 5.41. The summed E-state index contributed by atoms with van der Waals surface area (Å²) in [6, 6.07) is 16.7. The van der Waals surface area contributed by atoms with Gasteiger partial charge in [0.1, 0.15) is 6.61 Å². The van der Waals surface area contributed by atoms with Crippen molar-refractivity contribution in [3.8, 4) is 0 Å². The molecular weight excluding hydrogens is 394 g/mol. The summed E-state index contributed by atoms with van der Waals surface area (Å²) < 4.78 is 5.26. The van der Waals surface area contributed by atoms with Crippen molar-refractivity contribution in [1.82, 2.24) is 10.2 Å². The molecule has 1 fully saturated rings. The number of nitrogens with one attached hydrogen (secondary N) is 2.